The van der Waals surface area contributed by atoms with Gasteiger partial charge in [0.25, 0.3) is 0 Å². The highest BCUT2D eigenvalue weighted by Gasteiger charge is 2.31. The Bertz CT molecular complexity index is 505. The third-order valence-corrected chi connectivity index (χ3v) is 3.54. The van der Waals surface area contributed by atoms with Gasteiger partial charge in [-0.05, 0) is 30.6 Å². The highest BCUT2D eigenvalue weighted by Crippen LogP contribution is 2.40. The molecule has 0 bridgehead atoms. The minimum atomic E-state index is -0.667. The van der Waals surface area contributed by atoms with Crippen molar-refractivity contribution in [1.82, 2.24) is 0 Å². The first-order valence-electron chi connectivity index (χ1n) is 6.49. The number of ether oxygens (including phenoxy) is 2. The minimum absolute atomic E-state index is 0.183. The zero-order valence-electron chi connectivity index (χ0n) is 11.9. The lowest BCUT2D eigenvalue weighted by molar-refractivity contribution is -0.117. The van der Waals surface area contributed by atoms with Gasteiger partial charge < -0.3 is 20.5 Å². The van der Waals surface area contributed by atoms with E-state index in [2.05, 4.69) is 5.32 Å². The number of hydrogen-bond acceptors (Lipinski definition) is 5. The lowest BCUT2D eigenvalue weighted by atomic mass is 10.2. The van der Waals surface area contributed by atoms with Crippen LogP contribution in [0.25, 0.3) is 0 Å². The van der Waals surface area contributed by atoms with Gasteiger partial charge in [0.05, 0.1) is 6.04 Å². The highest BCUT2D eigenvalue weighted by atomic mass is 32.2. The smallest absolute Gasteiger partial charge is 0.246 e. The molecular weight excluding hydrogens is 276 g/mol. The van der Waals surface area contributed by atoms with E-state index in [1.54, 1.807) is 30.0 Å². The van der Waals surface area contributed by atoms with E-state index in [1.165, 1.54) is 0 Å². The Morgan fingerprint density at radius 3 is 2.80 bits per heavy atom. The predicted molar refractivity (Wildman–Crippen MR) is 81.4 cm³/mol. The van der Waals surface area contributed by atoms with Gasteiger partial charge in [0.2, 0.25) is 11.7 Å². The molecule has 6 heteroatoms. The van der Waals surface area contributed by atoms with Gasteiger partial charge in [0.1, 0.15) is 0 Å². The summed E-state index contributed by atoms with van der Waals surface area (Å²) in [5, 5.41) is 2.80. The number of nitrogens with one attached hydrogen (secondary N) is 1. The molecule has 0 aliphatic carbocycles. The van der Waals surface area contributed by atoms with Gasteiger partial charge in [-0.15, -0.1) is 0 Å². The number of carbonyl (C=O) groups excluding carboxylic acids is 1. The molecule has 1 amide bonds. The van der Waals surface area contributed by atoms with E-state index >= 15 is 0 Å². The molecule has 1 aliphatic rings. The average molecular weight is 296 g/mol. The molecule has 3 N–H and O–H groups in total. The number of hydrogen-bond donors (Lipinski definition) is 2. The molecule has 0 saturated carbocycles. The Morgan fingerprint density at radius 2 is 2.10 bits per heavy atom. The maximum absolute atomic E-state index is 11.9. The summed E-state index contributed by atoms with van der Waals surface area (Å²) in [6, 6.07) is 4.82. The molecule has 1 aliphatic heterocycles. The van der Waals surface area contributed by atoms with Crippen LogP contribution in [0, 0.1) is 0 Å². The first-order chi connectivity index (χ1) is 9.41. The quantitative estimate of drug-likeness (QED) is 0.871. The Morgan fingerprint density at radius 1 is 1.40 bits per heavy atom. The second-order valence-electron chi connectivity index (χ2n) is 5.14. The van der Waals surface area contributed by atoms with Crippen LogP contribution in [0.1, 0.15) is 20.3 Å². The van der Waals surface area contributed by atoms with Crippen LogP contribution in [0.3, 0.4) is 0 Å². The topological polar surface area (TPSA) is 73.6 Å². The van der Waals surface area contributed by atoms with Crippen molar-refractivity contribution >= 4 is 23.4 Å². The Balaban J connectivity index is 2.00. The Hall–Kier alpha value is -1.40. The Kier molecular flexibility index (Phi) is 4.45. The van der Waals surface area contributed by atoms with Crippen molar-refractivity contribution < 1.29 is 14.3 Å². The number of anilines is 1. The molecular formula is C14H20N2O3S. The minimum Gasteiger partial charge on any atom is -0.449 e. The van der Waals surface area contributed by atoms with Gasteiger partial charge in [-0.3, -0.25) is 4.79 Å². The fourth-order valence-electron chi connectivity index (χ4n) is 1.91. The van der Waals surface area contributed by atoms with Crippen molar-refractivity contribution in [3.05, 3.63) is 18.2 Å². The largest absolute Gasteiger partial charge is 0.449 e. The number of fused-ring (bicyclic) bond motifs is 1. The van der Waals surface area contributed by atoms with Crippen LogP contribution in [0.2, 0.25) is 0 Å². The molecule has 110 valence electrons. The summed E-state index contributed by atoms with van der Waals surface area (Å²) < 4.78 is 11.2. The molecule has 0 saturated heterocycles. The van der Waals surface area contributed by atoms with Crippen LogP contribution in [-0.4, -0.2) is 29.7 Å². The van der Waals surface area contributed by atoms with Crippen molar-refractivity contribution in [2.45, 2.75) is 32.1 Å². The molecule has 0 fully saturated rings. The maximum atomic E-state index is 11.9. The summed E-state index contributed by atoms with van der Waals surface area (Å²) in [6.45, 7) is 3.67. The third kappa shape index (κ3) is 3.58. The SMILES string of the molecule is CSCC[C@H](N)C(=O)Nc1ccc2c(c1)OC(C)(C)O2. The predicted octanol–water partition coefficient (Wildman–Crippen LogP) is 2.21. The van der Waals surface area contributed by atoms with Crippen molar-refractivity contribution in [3.63, 3.8) is 0 Å². The van der Waals surface area contributed by atoms with Crippen LogP contribution in [0.15, 0.2) is 18.2 Å². The van der Waals surface area contributed by atoms with E-state index in [0.29, 0.717) is 23.6 Å². The molecule has 1 atom stereocenters. The van der Waals surface area contributed by atoms with Gasteiger partial charge in [-0.2, -0.15) is 11.8 Å². The molecule has 20 heavy (non-hydrogen) atoms. The molecule has 0 aromatic heterocycles. The number of carbonyl (C=O) groups is 1. The van der Waals surface area contributed by atoms with Crippen LogP contribution < -0.4 is 20.5 Å². The van der Waals surface area contributed by atoms with E-state index in [9.17, 15) is 4.79 Å². The third-order valence-electron chi connectivity index (χ3n) is 2.89. The van der Waals surface area contributed by atoms with Crippen LogP contribution in [-0.2, 0) is 4.79 Å². The number of benzene rings is 1. The highest BCUT2D eigenvalue weighted by molar-refractivity contribution is 7.98. The van der Waals surface area contributed by atoms with Gasteiger partial charge in [0, 0.05) is 25.6 Å². The van der Waals surface area contributed by atoms with Crippen molar-refractivity contribution in [3.8, 4) is 11.5 Å². The van der Waals surface area contributed by atoms with E-state index in [1.807, 2.05) is 20.1 Å². The summed E-state index contributed by atoms with van der Waals surface area (Å²) in [7, 11) is 0. The van der Waals surface area contributed by atoms with Gasteiger partial charge >= 0.3 is 0 Å². The number of amides is 1. The molecule has 5 nitrogen and oxygen atoms in total. The van der Waals surface area contributed by atoms with Crippen molar-refractivity contribution in [2.24, 2.45) is 5.73 Å². The lowest BCUT2D eigenvalue weighted by Gasteiger charge is -2.16. The normalized spacial score (nSPS) is 16.8. The van der Waals surface area contributed by atoms with Crippen LogP contribution in [0.4, 0.5) is 5.69 Å². The van der Waals surface area contributed by atoms with Gasteiger partial charge in [0.15, 0.2) is 11.5 Å². The average Bonchev–Trinajstić information content (AvgIpc) is 2.68. The fourth-order valence-corrected chi connectivity index (χ4v) is 2.40. The van der Waals surface area contributed by atoms with Crippen molar-refractivity contribution in [2.75, 3.05) is 17.3 Å². The molecule has 1 aromatic rings. The Labute approximate surface area is 123 Å². The van der Waals surface area contributed by atoms with E-state index in [4.69, 9.17) is 15.2 Å². The van der Waals surface area contributed by atoms with Crippen molar-refractivity contribution in [1.29, 1.82) is 0 Å². The standard InChI is InChI=1S/C14H20N2O3S/c1-14(2)18-11-5-4-9(8-12(11)19-14)16-13(17)10(15)6-7-20-3/h4-5,8,10H,6-7,15H2,1-3H3,(H,16,17)/t10-/m0/s1. The molecule has 1 heterocycles. The van der Waals surface area contributed by atoms with Crippen LogP contribution >= 0.6 is 11.8 Å². The number of nitrogens with two attached hydrogens (primary N) is 1. The fraction of sp³-hybridized carbons (Fsp3) is 0.500. The van der Waals surface area contributed by atoms with Gasteiger partial charge in [-0.25, -0.2) is 0 Å². The number of rotatable bonds is 5. The first kappa shape index (κ1) is 15.0. The number of thioether (sulfide) groups is 1. The summed E-state index contributed by atoms with van der Waals surface area (Å²) in [4.78, 5) is 11.9. The molecule has 1 aromatic carbocycles. The second-order valence-corrected chi connectivity index (χ2v) is 6.13. The monoisotopic (exact) mass is 296 g/mol. The van der Waals surface area contributed by atoms with Crippen LogP contribution in [0.5, 0.6) is 11.5 Å². The summed E-state index contributed by atoms with van der Waals surface area (Å²) in [6.07, 6.45) is 2.65. The summed E-state index contributed by atoms with van der Waals surface area (Å²) >= 11 is 1.67. The summed E-state index contributed by atoms with van der Waals surface area (Å²) in [5.74, 6) is 1.33. The van der Waals surface area contributed by atoms with E-state index in [0.717, 1.165) is 5.75 Å². The summed E-state index contributed by atoms with van der Waals surface area (Å²) in [5.41, 5.74) is 6.49. The zero-order valence-corrected chi connectivity index (χ0v) is 12.8. The molecule has 0 spiro atoms. The second kappa shape index (κ2) is 5.93. The first-order valence-corrected chi connectivity index (χ1v) is 7.88. The molecule has 0 unspecified atom stereocenters. The van der Waals surface area contributed by atoms with E-state index < -0.39 is 11.8 Å². The molecule has 2 rings (SSSR count). The van der Waals surface area contributed by atoms with Gasteiger partial charge in [-0.1, -0.05) is 0 Å². The lowest BCUT2D eigenvalue weighted by Crippen LogP contribution is -2.36. The zero-order chi connectivity index (χ0) is 14.8. The molecule has 0 radical (unpaired) electrons. The van der Waals surface area contributed by atoms with E-state index in [-0.39, 0.29) is 5.91 Å². The maximum Gasteiger partial charge on any atom is 0.246 e.